The molecule has 0 bridgehead atoms. The summed E-state index contributed by atoms with van der Waals surface area (Å²) in [5.41, 5.74) is 13.3. The smallest absolute Gasteiger partial charge is 0.104 e. The average molecular weight is 764 g/mol. The van der Waals surface area contributed by atoms with Crippen LogP contribution in [-0.2, 0) is 0 Å². The van der Waals surface area contributed by atoms with Gasteiger partial charge in [0.1, 0.15) is 11.6 Å². The molecule has 0 aliphatic carbocycles. The first-order valence-electron chi connectivity index (χ1n) is 20.4. The summed E-state index contributed by atoms with van der Waals surface area (Å²) >= 11 is 0. The number of benzene rings is 9. The summed E-state index contributed by atoms with van der Waals surface area (Å²) in [6, 6.07) is 74.0. The number of para-hydroxylation sites is 6. The molecule has 0 fully saturated rings. The number of hydrogen-bond donors (Lipinski definition) is 0. The van der Waals surface area contributed by atoms with E-state index in [0.717, 1.165) is 88.4 Å². The van der Waals surface area contributed by atoms with E-state index in [0.29, 0.717) is 5.56 Å². The quantitative estimate of drug-likeness (QED) is 0.176. The van der Waals surface area contributed by atoms with Crippen LogP contribution in [0.2, 0.25) is 0 Å². The zero-order valence-corrected chi connectivity index (χ0v) is 32.3. The van der Waals surface area contributed by atoms with E-state index < -0.39 is 0 Å². The molecule has 13 aromatic rings. The Bertz CT molecular complexity index is 3620. The van der Waals surface area contributed by atoms with Crippen molar-refractivity contribution in [2.24, 2.45) is 0 Å². The number of nitriles is 1. The summed E-state index contributed by atoms with van der Waals surface area (Å²) in [4.78, 5) is 0. The molecule has 278 valence electrons. The van der Waals surface area contributed by atoms with E-state index >= 15 is 0 Å². The minimum Gasteiger partial charge on any atom is -0.309 e. The Balaban J connectivity index is 1.10. The summed E-state index contributed by atoms with van der Waals surface area (Å²) in [5, 5.41) is 20.8. The van der Waals surface area contributed by atoms with Crippen molar-refractivity contribution in [3.63, 3.8) is 0 Å². The van der Waals surface area contributed by atoms with Crippen LogP contribution in [0.25, 0.3) is 110 Å². The van der Waals surface area contributed by atoms with Crippen molar-refractivity contribution in [1.82, 2.24) is 18.3 Å². The van der Waals surface area contributed by atoms with Crippen molar-refractivity contribution in [1.29, 1.82) is 5.26 Å². The molecular formula is C55H33N5. The molecule has 9 aromatic carbocycles. The fourth-order valence-electron chi connectivity index (χ4n) is 10.3. The Morgan fingerprint density at radius 1 is 0.250 bits per heavy atom. The first-order chi connectivity index (χ1) is 29.8. The first kappa shape index (κ1) is 32.7. The van der Waals surface area contributed by atoms with Gasteiger partial charge in [-0.05, 0) is 72.8 Å². The molecule has 0 saturated heterocycles. The van der Waals surface area contributed by atoms with Gasteiger partial charge in [0.15, 0.2) is 0 Å². The Morgan fingerprint density at radius 3 is 0.850 bits per heavy atom. The van der Waals surface area contributed by atoms with Crippen LogP contribution in [0.15, 0.2) is 200 Å². The normalized spacial score (nSPS) is 12.0. The van der Waals surface area contributed by atoms with E-state index in [1.165, 1.54) is 21.5 Å². The Kier molecular flexibility index (Phi) is 6.73. The van der Waals surface area contributed by atoms with Crippen LogP contribution in [0, 0.1) is 11.3 Å². The third-order valence-corrected chi connectivity index (χ3v) is 12.6. The van der Waals surface area contributed by atoms with Crippen LogP contribution in [0.3, 0.4) is 0 Å². The van der Waals surface area contributed by atoms with Gasteiger partial charge in [-0.1, -0.05) is 127 Å². The molecule has 5 heteroatoms. The molecule has 0 spiro atoms. The van der Waals surface area contributed by atoms with Crippen LogP contribution in [-0.4, -0.2) is 18.3 Å². The van der Waals surface area contributed by atoms with Gasteiger partial charge in [0, 0.05) is 43.1 Å². The molecule has 0 unspecified atom stereocenters. The largest absolute Gasteiger partial charge is 0.309 e. The van der Waals surface area contributed by atoms with Crippen LogP contribution in [0.4, 0.5) is 0 Å². The highest BCUT2D eigenvalue weighted by Gasteiger charge is 2.24. The van der Waals surface area contributed by atoms with Gasteiger partial charge in [-0.2, -0.15) is 5.26 Å². The second-order valence-corrected chi connectivity index (χ2v) is 15.6. The molecule has 0 aliphatic heterocycles. The summed E-state index contributed by atoms with van der Waals surface area (Å²) in [5.74, 6) is 0. The summed E-state index contributed by atoms with van der Waals surface area (Å²) < 4.78 is 9.39. The van der Waals surface area contributed by atoms with Crippen molar-refractivity contribution in [3.05, 3.63) is 206 Å². The Labute approximate surface area is 344 Å². The van der Waals surface area contributed by atoms with Crippen LogP contribution >= 0.6 is 0 Å². The van der Waals surface area contributed by atoms with Crippen LogP contribution in [0.1, 0.15) is 5.56 Å². The highest BCUT2D eigenvalue weighted by molar-refractivity contribution is 6.18. The van der Waals surface area contributed by atoms with Crippen LogP contribution in [0.5, 0.6) is 0 Å². The van der Waals surface area contributed by atoms with E-state index in [4.69, 9.17) is 0 Å². The molecule has 4 aromatic heterocycles. The number of aromatic nitrogens is 4. The van der Waals surface area contributed by atoms with E-state index in [1.807, 2.05) is 0 Å². The lowest BCUT2D eigenvalue weighted by Gasteiger charge is -2.16. The SMILES string of the molecule is N#Cc1c(-n2c3ccccc3c3c(-n4c5ccccc5c5ccccc54)cccc32)cccc1-n1c2ccccc2c2c(-n3c4ccccc4c4ccccc43)cccc21. The van der Waals surface area contributed by atoms with E-state index in [9.17, 15) is 5.26 Å². The Hall–Kier alpha value is -8.33. The van der Waals surface area contributed by atoms with Gasteiger partial charge < -0.3 is 18.3 Å². The van der Waals surface area contributed by atoms with Gasteiger partial charge >= 0.3 is 0 Å². The molecule has 0 aliphatic rings. The van der Waals surface area contributed by atoms with Gasteiger partial charge in [0.2, 0.25) is 0 Å². The number of fused-ring (bicyclic) bond motifs is 12. The van der Waals surface area contributed by atoms with Crippen molar-refractivity contribution >= 4 is 87.2 Å². The second kappa shape index (κ2) is 12.3. The highest BCUT2D eigenvalue weighted by Crippen LogP contribution is 2.43. The topological polar surface area (TPSA) is 43.5 Å². The maximum absolute atomic E-state index is 11.4. The number of rotatable bonds is 4. The zero-order chi connectivity index (χ0) is 39.5. The molecule has 0 radical (unpaired) electrons. The monoisotopic (exact) mass is 763 g/mol. The van der Waals surface area contributed by atoms with Gasteiger partial charge in [0.05, 0.1) is 66.9 Å². The third kappa shape index (κ3) is 4.29. The van der Waals surface area contributed by atoms with Crippen molar-refractivity contribution in [3.8, 4) is 28.8 Å². The summed E-state index contributed by atoms with van der Waals surface area (Å²) in [6.07, 6.45) is 0. The summed E-state index contributed by atoms with van der Waals surface area (Å²) in [7, 11) is 0. The standard InChI is InChI=1S/C55H33N5/c56-34-41-48(59-46-26-11-5-20-39(46)54-50(30-14-32-52(54)59)57-42-22-7-1-16-35(42)36-17-2-8-23-43(36)57)28-13-29-49(41)60-47-27-12-6-21-40(47)55-51(31-15-33-53(55)60)58-44-24-9-3-18-37(44)38-19-4-10-25-45(38)58/h1-33H. The molecule has 13 rings (SSSR count). The second-order valence-electron chi connectivity index (χ2n) is 15.6. The molecule has 0 saturated carbocycles. The van der Waals surface area contributed by atoms with Crippen LogP contribution < -0.4 is 0 Å². The van der Waals surface area contributed by atoms with Crippen molar-refractivity contribution < 1.29 is 0 Å². The average Bonchev–Trinajstić information content (AvgIpc) is 4.04. The minimum absolute atomic E-state index is 0.604. The third-order valence-electron chi connectivity index (χ3n) is 12.6. The highest BCUT2D eigenvalue weighted by atomic mass is 15.0. The molecule has 5 nitrogen and oxygen atoms in total. The minimum atomic E-state index is 0.604. The maximum atomic E-state index is 11.4. The lowest BCUT2D eigenvalue weighted by Crippen LogP contribution is -2.04. The van der Waals surface area contributed by atoms with E-state index in [-0.39, 0.29) is 0 Å². The first-order valence-corrected chi connectivity index (χ1v) is 20.4. The number of hydrogen-bond acceptors (Lipinski definition) is 1. The predicted octanol–water partition coefficient (Wildman–Crippen LogP) is 13.9. The molecule has 0 N–H and O–H groups in total. The summed E-state index contributed by atoms with van der Waals surface area (Å²) in [6.45, 7) is 0. The van der Waals surface area contributed by atoms with E-state index in [1.54, 1.807) is 0 Å². The molecule has 0 atom stereocenters. The molecular weight excluding hydrogens is 731 g/mol. The van der Waals surface area contributed by atoms with Gasteiger partial charge in [-0.25, -0.2) is 0 Å². The Morgan fingerprint density at radius 2 is 0.500 bits per heavy atom. The lowest BCUT2D eigenvalue weighted by molar-refractivity contribution is 1.11. The van der Waals surface area contributed by atoms with Crippen molar-refractivity contribution in [2.75, 3.05) is 0 Å². The van der Waals surface area contributed by atoms with Gasteiger partial charge in [-0.3, -0.25) is 0 Å². The predicted molar refractivity (Wildman–Crippen MR) is 249 cm³/mol. The fraction of sp³-hybridized carbons (Fsp3) is 0. The molecule has 0 amide bonds. The van der Waals surface area contributed by atoms with Gasteiger partial charge in [0.25, 0.3) is 0 Å². The van der Waals surface area contributed by atoms with Crippen molar-refractivity contribution in [2.45, 2.75) is 0 Å². The zero-order valence-electron chi connectivity index (χ0n) is 32.3. The fourth-order valence-corrected chi connectivity index (χ4v) is 10.3. The van der Waals surface area contributed by atoms with E-state index in [2.05, 4.69) is 225 Å². The number of nitrogens with zero attached hydrogens (tertiary/aromatic N) is 5. The molecule has 4 heterocycles. The maximum Gasteiger partial charge on any atom is 0.104 e. The van der Waals surface area contributed by atoms with Gasteiger partial charge in [-0.15, -0.1) is 0 Å². The lowest BCUT2D eigenvalue weighted by atomic mass is 10.1. The molecule has 60 heavy (non-hydrogen) atoms.